The van der Waals surface area contributed by atoms with Gasteiger partial charge < -0.3 is 5.32 Å². The van der Waals surface area contributed by atoms with E-state index in [1.807, 2.05) is 13.8 Å². The van der Waals surface area contributed by atoms with Crippen LogP contribution in [0, 0.1) is 0 Å². The van der Waals surface area contributed by atoms with E-state index < -0.39 is 0 Å². The molecule has 0 aliphatic rings. The Kier molecular flexibility index (Phi) is 5.60. The fourth-order valence-corrected chi connectivity index (χ4v) is 0.623. The number of amides is 1. The normalized spacial score (nSPS) is 8.25. The summed E-state index contributed by atoms with van der Waals surface area (Å²) in [6, 6.07) is 0. The Labute approximate surface area is 71.8 Å². The molecule has 0 aliphatic heterocycles. The molecule has 1 amide bonds. The lowest BCUT2D eigenvalue weighted by atomic mass is 10.5. The summed E-state index contributed by atoms with van der Waals surface area (Å²) in [5.74, 6) is 0. The van der Waals surface area contributed by atoms with Gasteiger partial charge in [0.1, 0.15) is 5.69 Å². The monoisotopic (exact) mass is 170 g/mol. The molecule has 0 aliphatic carbocycles. The number of nitrogens with zero attached hydrogens (tertiary/aromatic N) is 3. The first-order valence-corrected chi connectivity index (χ1v) is 3.85. The van der Waals surface area contributed by atoms with E-state index in [2.05, 4.69) is 15.6 Å². The summed E-state index contributed by atoms with van der Waals surface area (Å²) in [5, 5.41) is 9.91. The van der Waals surface area contributed by atoms with E-state index in [4.69, 9.17) is 0 Å². The van der Waals surface area contributed by atoms with Crippen molar-refractivity contribution in [2.75, 3.05) is 0 Å². The van der Waals surface area contributed by atoms with Gasteiger partial charge in [0.25, 0.3) is 0 Å². The molecule has 0 saturated carbocycles. The van der Waals surface area contributed by atoms with Gasteiger partial charge in [-0.2, -0.15) is 0 Å². The minimum Gasteiger partial charge on any atom is -0.353 e. The SMILES string of the molecule is CC.Cn1cc(CNC=O)nn1. The van der Waals surface area contributed by atoms with Gasteiger partial charge >= 0.3 is 0 Å². The van der Waals surface area contributed by atoms with Crippen LogP contribution in [0.25, 0.3) is 0 Å². The number of carbonyl (C=O) groups excluding carboxylic acids is 1. The Morgan fingerprint density at radius 2 is 2.33 bits per heavy atom. The smallest absolute Gasteiger partial charge is 0.207 e. The van der Waals surface area contributed by atoms with E-state index >= 15 is 0 Å². The first kappa shape index (κ1) is 10.6. The van der Waals surface area contributed by atoms with Crippen molar-refractivity contribution in [3.8, 4) is 0 Å². The summed E-state index contributed by atoms with van der Waals surface area (Å²) in [4.78, 5) is 9.82. The predicted molar refractivity (Wildman–Crippen MR) is 45.3 cm³/mol. The molecular weight excluding hydrogens is 156 g/mol. The molecule has 12 heavy (non-hydrogen) atoms. The largest absolute Gasteiger partial charge is 0.353 e. The van der Waals surface area contributed by atoms with Crippen molar-refractivity contribution < 1.29 is 4.79 Å². The molecule has 1 rings (SSSR count). The number of rotatable bonds is 3. The van der Waals surface area contributed by atoms with Crippen molar-refractivity contribution in [1.29, 1.82) is 0 Å². The molecule has 0 saturated heterocycles. The van der Waals surface area contributed by atoms with Crippen molar-refractivity contribution in [3.05, 3.63) is 11.9 Å². The van der Waals surface area contributed by atoms with E-state index in [0.717, 1.165) is 5.69 Å². The van der Waals surface area contributed by atoms with Crippen LogP contribution in [0.5, 0.6) is 0 Å². The summed E-state index contributed by atoms with van der Waals surface area (Å²) in [6.45, 7) is 4.44. The second-order valence-electron chi connectivity index (χ2n) is 1.88. The highest BCUT2D eigenvalue weighted by atomic mass is 16.1. The molecule has 5 heteroatoms. The number of aryl methyl sites for hydroxylation is 1. The van der Waals surface area contributed by atoms with Gasteiger partial charge in [0.15, 0.2) is 0 Å². The highest BCUT2D eigenvalue weighted by Gasteiger charge is 1.94. The van der Waals surface area contributed by atoms with Crippen LogP contribution in [-0.2, 0) is 18.4 Å². The summed E-state index contributed by atoms with van der Waals surface area (Å²) < 4.78 is 1.59. The molecule has 0 radical (unpaired) electrons. The highest BCUT2D eigenvalue weighted by Crippen LogP contribution is 1.87. The third-order valence-corrected chi connectivity index (χ3v) is 1.02. The number of hydrogen-bond donors (Lipinski definition) is 1. The molecule has 0 unspecified atom stereocenters. The highest BCUT2D eigenvalue weighted by molar-refractivity contribution is 5.45. The Morgan fingerprint density at radius 1 is 1.67 bits per heavy atom. The lowest BCUT2D eigenvalue weighted by Gasteiger charge is -1.88. The van der Waals surface area contributed by atoms with Gasteiger partial charge in [-0.05, 0) is 0 Å². The van der Waals surface area contributed by atoms with Gasteiger partial charge in [-0.1, -0.05) is 19.1 Å². The van der Waals surface area contributed by atoms with Crippen LogP contribution in [0.1, 0.15) is 19.5 Å². The minimum atomic E-state index is 0.442. The lowest BCUT2D eigenvalue weighted by Crippen LogP contribution is -2.09. The Hall–Kier alpha value is -1.39. The average molecular weight is 170 g/mol. The molecule has 1 N–H and O–H groups in total. The lowest BCUT2D eigenvalue weighted by molar-refractivity contribution is -0.109. The third kappa shape index (κ3) is 3.70. The second kappa shape index (κ2) is 6.33. The molecule has 1 aromatic heterocycles. The average Bonchev–Trinajstić information content (AvgIpc) is 2.51. The Morgan fingerprint density at radius 3 is 2.75 bits per heavy atom. The van der Waals surface area contributed by atoms with E-state index in [9.17, 15) is 4.79 Å². The first-order chi connectivity index (χ1) is 5.83. The molecular formula is C7H14N4O. The standard InChI is InChI=1S/C5H8N4O.C2H6/c1-9-3-5(7-8-9)2-6-4-10;1-2/h3-4H,2H2,1H3,(H,6,10);1-2H3. The van der Waals surface area contributed by atoms with Gasteiger partial charge in [-0.3, -0.25) is 9.48 Å². The van der Waals surface area contributed by atoms with Gasteiger partial charge in [0.2, 0.25) is 6.41 Å². The maximum Gasteiger partial charge on any atom is 0.207 e. The quantitative estimate of drug-likeness (QED) is 0.654. The molecule has 1 heterocycles. The Balaban J connectivity index is 0.000000561. The number of hydrogen-bond acceptors (Lipinski definition) is 3. The summed E-state index contributed by atoms with van der Waals surface area (Å²) in [6.07, 6.45) is 2.38. The fraction of sp³-hybridized carbons (Fsp3) is 0.571. The van der Waals surface area contributed by atoms with Crippen LogP contribution >= 0.6 is 0 Å². The van der Waals surface area contributed by atoms with Crippen molar-refractivity contribution >= 4 is 6.41 Å². The van der Waals surface area contributed by atoms with E-state index in [1.165, 1.54) is 0 Å². The first-order valence-electron chi connectivity index (χ1n) is 3.85. The number of aromatic nitrogens is 3. The van der Waals surface area contributed by atoms with Gasteiger partial charge in [-0.15, -0.1) is 5.10 Å². The van der Waals surface area contributed by atoms with E-state index in [-0.39, 0.29) is 0 Å². The molecule has 0 spiro atoms. The van der Waals surface area contributed by atoms with Crippen LogP contribution in [-0.4, -0.2) is 21.4 Å². The minimum absolute atomic E-state index is 0.442. The van der Waals surface area contributed by atoms with Gasteiger partial charge in [0, 0.05) is 13.2 Å². The van der Waals surface area contributed by atoms with Crippen molar-refractivity contribution in [2.24, 2.45) is 7.05 Å². The summed E-state index contributed by atoms with van der Waals surface area (Å²) in [7, 11) is 1.78. The number of carbonyl (C=O) groups is 1. The van der Waals surface area contributed by atoms with Crippen molar-refractivity contribution in [3.63, 3.8) is 0 Å². The van der Waals surface area contributed by atoms with Gasteiger partial charge in [-0.25, -0.2) is 0 Å². The molecule has 68 valence electrons. The van der Waals surface area contributed by atoms with Crippen LogP contribution in [0.4, 0.5) is 0 Å². The second-order valence-corrected chi connectivity index (χ2v) is 1.88. The van der Waals surface area contributed by atoms with Crippen LogP contribution in [0.3, 0.4) is 0 Å². The molecule has 0 atom stereocenters. The van der Waals surface area contributed by atoms with Crippen LogP contribution in [0.15, 0.2) is 6.20 Å². The van der Waals surface area contributed by atoms with Crippen LogP contribution < -0.4 is 5.32 Å². The zero-order valence-electron chi connectivity index (χ0n) is 7.61. The molecule has 0 fully saturated rings. The predicted octanol–water partition coefficient (Wildman–Crippen LogP) is 0.0873. The maximum absolute atomic E-state index is 9.82. The molecule has 0 bridgehead atoms. The molecule has 1 aromatic rings. The zero-order valence-corrected chi connectivity index (χ0v) is 7.61. The fourth-order valence-electron chi connectivity index (χ4n) is 0.623. The molecule has 5 nitrogen and oxygen atoms in total. The molecule has 0 aromatic carbocycles. The summed E-state index contributed by atoms with van der Waals surface area (Å²) in [5.41, 5.74) is 0.759. The van der Waals surface area contributed by atoms with Crippen molar-refractivity contribution in [2.45, 2.75) is 20.4 Å². The van der Waals surface area contributed by atoms with Gasteiger partial charge in [0.05, 0.1) is 6.54 Å². The summed E-state index contributed by atoms with van der Waals surface area (Å²) >= 11 is 0. The number of nitrogens with one attached hydrogen (secondary N) is 1. The van der Waals surface area contributed by atoms with E-state index in [0.29, 0.717) is 13.0 Å². The Bertz CT molecular complexity index is 221. The van der Waals surface area contributed by atoms with Crippen molar-refractivity contribution in [1.82, 2.24) is 20.3 Å². The zero-order chi connectivity index (χ0) is 9.40. The third-order valence-electron chi connectivity index (χ3n) is 1.02. The van der Waals surface area contributed by atoms with E-state index in [1.54, 1.807) is 17.9 Å². The topological polar surface area (TPSA) is 59.8 Å². The maximum atomic E-state index is 9.82. The van der Waals surface area contributed by atoms with Crippen LogP contribution in [0.2, 0.25) is 0 Å².